The third kappa shape index (κ3) is 3.10. The Hall–Kier alpha value is -2.46. The molecule has 102 valence electrons. The van der Waals surface area contributed by atoms with Crippen LogP contribution in [-0.4, -0.2) is 13.4 Å². The van der Waals surface area contributed by atoms with Crippen LogP contribution in [-0.2, 0) is 10.0 Å². The lowest BCUT2D eigenvalue weighted by atomic mass is 10.2. The molecule has 1 N–H and O–H groups in total. The maximum absolute atomic E-state index is 13.2. The third-order valence-electron chi connectivity index (χ3n) is 2.46. The lowest BCUT2D eigenvalue weighted by Gasteiger charge is -2.08. The van der Waals surface area contributed by atoms with Gasteiger partial charge in [0.25, 0.3) is 10.0 Å². The number of aromatic nitrogens is 1. The molecule has 0 aliphatic heterocycles. The minimum absolute atomic E-state index is 0.0987. The number of benzene rings is 1. The molecule has 2 rings (SSSR count). The molecule has 0 radical (unpaired) electrons. The van der Waals surface area contributed by atoms with E-state index in [1.54, 1.807) is 13.0 Å². The highest BCUT2D eigenvalue weighted by molar-refractivity contribution is 7.92. The molecule has 5 nitrogen and oxygen atoms in total. The largest absolute Gasteiger partial charge is 0.279 e. The molecule has 0 saturated heterocycles. The molecule has 0 unspecified atom stereocenters. The maximum atomic E-state index is 13.2. The zero-order valence-corrected chi connectivity index (χ0v) is 11.3. The topological polar surface area (TPSA) is 82.9 Å². The van der Waals surface area contributed by atoms with Crippen molar-refractivity contribution in [2.45, 2.75) is 11.8 Å². The Labute approximate surface area is 115 Å². The Morgan fingerprint density at radius 2 is 2.05 bits per heavy atom. The number of pyridine rings is 1. The second-order valence-corrected chi connectivity index (χ2v) is 5.80. The Morgan fingerprint density at radius 3 is 2.60 bits per heavy atom. The van der Waals surface area contributed by atoms with Gasteiger partial charge < -0.3 is 0 Å². The van der Waals surface area contributed by atoms with Crippen LogP contribution < -0.4 is 4.72 Å². The van der Waals surface area contributed by atoms with Crippen LogP contribution in [0.4, 0.5) is 10.1 Å². The Morgan fingerprint density at radius 1 is 1.30 bits per heavy atom. The van der Waals surface area contributed by atoms with Gasteiger partial charge in [0.1, 0.15) is 22.5 Å². The van der Waals surface area contributed by atoms with E-state index >= 15 is 0 Å². The minimum Gasteiger partial charge on any atom is -0.279 e. The summed E-state index contributed by atoms with van der Waals surface area (Å²) in [5.41, 5.74) is 0.845. The molecule has 0 amide bonds. The third-order valence-corrected chi connectivity index (χ3v) is 3.82. The summed E-state index contributed by atoms with van der Waals surface area (Å²) in [6.07, 6.45) is 1.08. The molecule has 2 aromatic rings. The van der Waals surface area contributed by atoms with Gasteiger partial charge in [0.15, 0.2) is 0 Å². The standard InChI is InChI=1S/C13H10FN3O2S/c1-9-4-10(14)6-12(5-9)17-20(18,19)13-3-2-11(7-15)16-8-13/h2-6,8,17H,1H3. The van der Waals surface area contributed by atoms with Crippen LogP contribution in [0.1, 0.15) is 11.3 Å². The van der Waals surface area contributed by atoms with Crippen molar-refractivity contribution in [3.63, 3.8) is 0 Å². The van der Waals surface area contributed by atoms with Gasteiger partial charge in [-0.3, -0.25) is 4.72 Å². The lowest BCUT2D eigenvalue weighted by Crippen LogP contribution is -2.13. The van der Waals surface area contributed by atoms with Gasteiger partial charge >= 0.3 is 0 Å². The number of aryl methyl sites for hydroxylation is 1. The monoisotopic (exact) mass is 291 g/mol. The molecule has 0 fully saturated rings. The number of nitrogens with zero attached hydrogens (tertiary/aromatic N) is 2. The fourth-order valence-electron chi connectivity index (χ4n) is 1.61. The van der Waals surface area contributed by atoms with Crippen molar-refractivity contribution in [1.82, 2.24) is 4.98 Å². The summed E-state index contributed by atoms with van der Waals surface area (Å²) in [6, 6.07) is 8.24. The van der Waals surface area contributed by atoms with Crippen LogP contribution in [0.5, 0.6) is 0 Å². The van der Waals surface area contributed by atoms with Crippen LogP contribution >= 0.6 is 0 Å². The van der Waals surface area contributed by atoms with Gasteiger partial charge in [-0.2, -0.15) is 5.26 Å². The highest BCUT2D eigenvalue weighted by Crippen LogP contribution is 2.18. The Kier molecular flexibility index (Phi) is 3.68. The minimum atomic E-state index is -3.86. The van der Waals surface area contributed by atoms with Gasteiger partial charge in [-0.25, -0.2) is 17.8 Å². The molecule has 0 bridgehead atoms. The Balaban J connectivity index is 2.33. The van der Waals surface area contributed by atoms with E-state index in [2.05, 4.69) is 9.71 Å². The van der Waals surface area contributed by atoms with Crippen molar-refractivity contribution in [2.24, 2.45) is 0 Å². The summed E-state index contributed by atoms with van der Waals surface area (Å²) in [5, 5.41) is 8.61. The van der Waals surface area contributed by atoms with Gasteiger partial charge in [0, 0.05) is 6.20 Å². The summed E-state index contributed by atoms with van der Waals surface area (Å²) < 4.78 is 39.6. The molecule has 1 aromatic heterocycles. The number of rotatable bonds is 3. The van der Waals surface area contributed by atoms with Crippen molar-refractivity contribution < 1.29 is 12.8 Å². The normalized spacial score (nSPS) is 10.8. The van der Waals surface area contributed by atoms with Gasteiger partial charge in [0.05, 0.1) is 5.69 Å². The van der Waals surface area contributed by atoms with Crippen LogP contribution in [0, 0.1) is 24.1 Å². The first-order chi connectivity index (χ1) is 9.40. The van der Waals surface area contributed by atoms with E-state index in [0.29, 0.717) is 5.56 Å². The molecular formula is C13H10FN3O2S. The second-order valence-electron chi connectivity index (χ2n) is 4.11. The van der Waals surface area contributed by atoms with E-state index < -0.39 is 15.8 Å². The predicted octanol–water partition coefficient (Wildman–Crippen LogP) is 2.20. The number of hydrogen-bond donors (Lipinski definition) is 1. The van der Waals surface area contributed by atoms with Crippen molar-refractivity contribution in [2.75, 3.05) is 4.72 Å². The summed E-state index contributed by atoms with van der Waals surface area (Å²) in [4.78, 5) is 3.59. The fourth-order valence-corrected chi connectivity index (χ4v) is 2.60. The zero-order valence-electron chi connectivity index (χ0n) is 10.5. The van der Waals surface area contributed by atoms with Gasteiger partial charge in [0.2, 0.25) is 0 Å². The number of anilines is 1. The van der Waals surface area contributed by atoms with E-state index in [0.717, 1.165) is 12.3 Å². The first-order valence-electron chi connectivity index (χ1n) is 5.57. The van der Waals surface area contributed by atoms with Gasteiger partial charge in [-0.15, -0.1) is 0 Å². The predicted molar refractivity (Wildman–Crippen MR) is 70.9 cm³/mol. The maximum Gasteiger partial charge on any atom is 0.263 e. The average molecular weight is 291 g/mol. The number of halogens is 1. The molecule has 7 heteroatoms. The fraction of sp³-hybridized carbons (Fsp3) is 0.0769. The van der Waals surface area contributed by atoms with Crippen molar-refractivity contribution in [3.8, 4) is 6.07 Å². The van der Waals surface area contributed by atoms with E-state index in [4.69, 9.17) is 5.26 Å². The number of nitriles is 1. The van der Waals surface area contributed by atoms with E-state index in [1.807, 2.05) is 0 Å². The SMILES string of the molecule is Cc1cc(F)cc(NS(=O)(=O)c2ccc(C#N)nc2)c1. The quantitative estimate of drug-likeness (QED) is 0.939. The molecular weight excluding hydrogens is 281 g/mol. The first kappa shape index (κ1) is 14.0. The smallest absolute Gasteiger partial charge is 0.263 e. The molecule has 1 aromatic carbocycles. The molecule has 20 heavy (non-hydrogen) atoms. The van der Waals surface area contributed by atoms with E-state index in [-0.39, 0.29) is 16.3 Å². The molecule has 0 spiro atoms. The highest BCUT2D eigenvalue weighted by atomic mass is 32.2. The van der Waals surface area contributed by atoms with E-state index in [9.17, 15) is 12.8 Å². The number of nitrogens with one attached hydrogen (secondary N) is 1. The van der Waals surface area contributed by atoms with Crippen LogP contribution in [0.25, 0.3) is 0 Å². The van der Waals surface area contributed by atoms with Gasteiger partial charge in [-0.1, -0.05) is 0 Å². The summed E-state index contributed by atoms with van der Waals surface area (Å²) in [7, 11) is -3.86. The molecule has 0 saturated carbocycles. The molecule has 0 atom stereocenters. The van der Waals surface area contributed by atoms with Crippen LogP contribution in [0.2, 0.25) is 0 Å². The van der Waals surface area contributed by atoms with Crippen molar-refractivity contribution in [1.29, 1.82) is 5.26 Å². The Bertz CT molecular complexity index is 760. The van der Waals surface area contributed by atoms with Crippen LogP contribution in [0.15, 0.2) is 41.4 Å². The van der Waals surface area contributed by atoms with Crippen LogP contribution in [0.3, 0.4) is 0 Å². The number of hydrogen-bond acceptors (Lipinski definition) is 4. The molecule has 0 aliphatic carbocycles. The van der Waals surface area contributed by atoms with E-state index in [1.165, 1.54) is 24.3 Å². The first-order valence-corrected chi connectivity index (χ1v) is 7.05. The van der Waals surface area contributed by atoms with Crippen molar-refractivity contribution in [3.05, 3.63) is 53.6 Å². The average Bonchev–Trinajstić information content (AvgIpc) is 2.37. The number of sulfonamides is 1. The molecule has 0 aliphatic rings. The second kappa shape index (κ2) is 5.27. The zero-order chi connectivity index (χ0) is 14.8. The molecule has 1 heterocycles. The highest BCUT2D eigenvalue weighted by Gasteiger charge is 2.15. The summed E-state index contributed by atoms with van der Waals surface area (Å²) in [6.45, 7) is 1.66. The van der Waals surface area contributed by atoms with Crippen molar-refractivity contribution >= 4 is 15.7 Å². The lowest BCUT2D eigenvalue weighted by molar-refractivity contribution is 0.600. The summed E-state index contributed by atoms with van der Waals surface area (Å²) >= 11 is 0. The van der Waals surface area contributed by atoms with Gasteiger partial charge in [-0.05, 0) is 42.8 Å². The summed E-state index contributed by atoms with van der Waals surface area (Å²) in [5.74, 6) is -0.527.